The van der Waals surface area contributed by atoms with Gasteiger partial charge in [0.2, 0.25) is 5.56 Å². The number of carboxylic acids is 1. The first-order valence-corrected chi connectivity index (χ1v) is 6.23. The zero-order valence-electron chi connectivity index (χ0n) is 11.6. The van der Waals surface area contributed by atoms with Gasteiger partial charge in [0.15, 0.2) is 0 Å². The Morgan fingerprint density at radius 3 is 2.52 bits per heavy atom. The number of aromatic amines is 1. The highest BCUT2D eigenvalue weighted by molar-refractivity contribution is 6.03. The first kappa shape index (κ1) is 14.5. The molecule has 1 aromatic carbocycles. The average molecular weight is 286 g/mol. The number of aryl methyl sites for hydroxylation is 1. The Labute approximate surface area is 120 Å². The van der Waals surface area contributed by atoms with E-state index < -0.39 is 11.9 Å². The summed E-state index contributed by atoms with van der Waals surface area (Å²) >= 11 is 0. The van der Waals surface area contributed by atoms with Gasteiger partial charge >= 0.3 is 5.97 Å². The van der Waals surface area contributed by atoms with Crippen LogP contribution in [0.2, 0.25) is 0 Å². The van der Waals surface area contributed by atoms with Gasteiger partial charge in [-0.15, -0.1) is 0 Å². The number of pyridine rings is 1. The van der Waals surface area contributed by atoms with E-state index in [-0.39, 0.29) is 16.8 Å². The van der Waals surface area contributed by atoms with Crippen LogP contribution in [0.25, 0.3) is 0 Å². The number of anilines is 1. The second kappa shape index (κ2) is 5.62. The molecule has 2 rings (SSSR count). The SMILES string of the molecule is Cc1cc(NC(=O)c2cccc(=O)[nH]2)cc(C(=O)O)c1C. The van der Waals surface area contributed by atoms with Crippen molar-refractivity contribution in [3.8, 4) is 0 Å². The zero-order valence-corrected chi connectivity index (χ0v) is 11.6. The van der Waals surface area contributed by atoms with E-state index in [2.05, 4.69) is 10.3 Å². The molecule has 1 amide bonds. The largest absolute Gasteiger partial charge is 0.478 e. The first-order chi connectivity index (χ1) is 9.88. The summed E-state index contributed by atoms with van der Waals surface area (Å²) in [5, 5.41) is 11.7. The van der Waals surface area contributed by atoms with Crippen LogP contribution in [-0.2, 0) is 0 Å². The Balaban J connectivity index is 2.34. The number of aromatic nitrogens is 1. The second-order valence-corrected chi connectivity index (χ2v) is 4.65. The van der Waals surface area contributed by atoms with Crippen molar-refractivity contribution in [1.29, 1.82) is 0 Å². The molecular weight excluding hydrogens is 272 g/mol. The molecule has 1 heterocycles. The summed E-state index contributed by atoms with van der Waals surface area (Å²) in [4.78, 5) is 36.8. The van der Waals surface area contributed by atoms with E-state index in [1.165, 1.54) is 24.3 Å². The molecule has 0 spiro atoms. The lowest BCUT2D eigenvalue weighted by molar-refractivity contribution is 0.0695. The third-order valence-corrected chi connectivity index (χ3v) is 3.17. The highest BCUT2D eigenvalue weighted by Gasteiger charge is 2.13. The van der Waals surface area contributed by atoms with Crippen LogP contribution in [0.3, 0.4) is 0 Å². The van der Waals surface area contributed by atoms with Gasteiger partial charge in [0, 0.05) is 11.8 Å². The Kier molecular flexibility index (Phi) is 3.89. The zero-order chi connectivity index (χ0) is 15.6. The monoisotopic (exact) mass is 286 g/mol. The van der Waals surface area contributed by atoms with E-state index >= 15 is 0 Å². The molecule has 6 heteroatoms. The number of carboxylic acid groups (broad SMARTS) is 1. The summed E-state index contributed by atoms with van der Waals surface area (Å²) in [5.41, 5.74) is 1.63. The molecule has 21 heavy (non-hydrogen) atoms. The number of aromatic carboxylic acids is 1. The summed E-state index contributed by atoms with van der Waals surface area (Å²) in [7, 11) is 0. The quantitative estimate of drug-likeness (QED) is 0.802. The molecule has 0 aliphatic carbocycles. The fourth-order valence-electron chi connectivity index (χ4n) is 1.93. The minimum atomic E-state index is -1.06. The van der Waals surface area contributed by atoms with Crippen LogP contribution in [0.15, 0.2) is 35.1 Å². The average Bonchev–Trinajstić information content (AvgIpc) is 2.42. The lowest BCUT2D eigenvalue weighted by atomic mass is 10.0. The summed E-state index contributed by atoms with van der Waals surface area (Å²) in [6.45, 7) is 3.47. The normalized spacial score (nSPS) is 10.2. The van der Waals surface area contributed by atoms with Crippen LogP contribution in [-0.4, -0.2) is 22.0 Å². The van der Waals surface area contributed by atoms with E-state index in [0.717, 1.165) is 5.56 Å². The molecule has 3 N–H and O–H groups in total. The Morgan fingerprint density at radius 1 is 1.19 bits per heavy atom. The lowest BCUT2D eigenvalue weighted by Crippen LogP contribution is -2.18. The fourth-order valence-corrected chi connectivity index (χ4v) is 1.93. The molecule has 0 saturated heterocycles. The maximum atomic E-state index is 12.0. The molecule has 0 atom stereocenters. The third-order valence-electron chi connectivity index (χ3n) is 3.17. The van der Waals surface area contributed by atoms with Crippen LogP contribution in [0, 0.1) is 13.8 Å². The summed E-state index contributed by atoms with van der Waals surface area (Å²) in [6.07, 6.45) is 0. The number of amides is 1. The van der Waals surface area contributed by atoms with Gasteiger partial charge in [-0.1, -0.05) is 6.07 Å². The van der Waals surface area contributed by atoms with E-state index in [4.69, 9.17) is 5.11 Å². The predicted molar refractivity (Wildman–Crippen MR) is 77.9 cm³/mol. The van der Waals surface area contributed by atoms with Gasteiger partial charge in [0.25, 0.3) is 5.91 Å². The Bertz CT molecular complexity index is 777. The van der Waals surface area contributed by atoms with Crippen molar-refractivity contribution in [3.63, 3.8) is 0 Å². The van der Waals surface area contributed by atoms with Crippen molar-refractivity contribution in [2.45, 2.75) is 13.8 Å². The van der Waals surface area contributed by atoms with E-state index in [1.807, 2.05) is 0 Å². The lowest BCUT2D eigenvalue weighted by Gasteiger charge is -2.10. The maximum absolute atomic E-state index is 12.0. The van der Waals surface area contributed by atoms with Gasteiger partial charge in [-0.25, -0.2) is 4.79 Å². The number of nitrogens with one attached hydrogen (secondary N) is 2. The van der Waals surface area contributed by atoms with Crippen molar-refractivity contribution < 1.29 is 14.7 Å². The fraction of sp³-hybridized carbons (Fsp3) is 0.133. The highest BCUT2D eigenvalue weighted by atomic mass is 16.4. The molecule has 0 fully saturated rings. The third kappa shape index (κ3) is 3.17. The smallest absolute Gasteiger partial charge is 0.336 e. The van der Waals surface area contributed by atoms with Crippen LogP contribution in [0.4, 0.5) is 5.69 Å². The molecular formula is C15H14N2O4. The van der Waals surface area contributed by atoms with E-state index in [1.54, 1.807) is 19.9 Å². The molecule has 6 nitrogen and oxygen atoms in total. The van der Waals surface area contributed by atoms with Gasteiger partial charge in [0.1, 0.15) is 5.69 Å². The molecule has 0 saturated carbocycles. The van der Waals surface area contributed by atoms with Crippen LogP contribution in [0.1, 0.15) is 32.0 Å². The second-order valence-electron chi connectivity index (χ2n) is 4.65. The molecule has 0 aliphatic heterocycles. The van der Waals surface area contributed by atoms with Gasteiger partial charge in [-0.05, 0) is 43.2 Å². The number of rotatable bonds is 3. The Morgan fingerprint density at radius 2 is 1.90 bits per heavy atom. The molecule has 1 aromatic heterocycles. The van der Waals surface area contributed by atoms with E-state index in [9.17, 15) is 14.4 Å². The highest BCUT2D eigenvalue weighted by Crippen LogP contribution is 2.20. The predicted octanol–water partition coefficient (Wildman–Crippen LogP) is 1.94. The van der Waals surface area contributed by atoms with E-state index in [0.29, 0.717) is 11.3 Å². The molecule has 108 valence electrons. The number of hydrogen-bond acceptors (Lipinski definition) is 3. The molecule has 0 radical (unpaired) electrons. The summed E-state index contributed by atoms with van der Waals surface area (Å²) < 4.78 is 0. The minimum absolute atomic E-state index is 0.109. The minimum Gasteiger partial charge on any atom is -0.478 e. The van der Waals surface area contributed by atoms with Crippen molar-refractivity contribution in [2.24, 2.45) is 0 Å². The Hall–Kier alpha value is -2.89. The van der Waals surface area contributed by atoms with Gasteiger partial charge in [-0.3, -0.25) is 9.59 Å². The number of H-pyrrole nitrogens is 1. The molecule has 0 aliphatic rings. The summed E-state index contributed by atoms with van der Waals surface area (Å²) in [5.74, 6) is -1.56. The van der Waals surface area contributed by atoms with Gasteiger partial charge in [0.05, 0.1) is 5.56 Å². The number of carbonyl (C=O) groups excluding carboxylic acids is 1. The van der Waals surface area contributed by atoms with Gasteiger partial charge in [-0.2, -0.15) is 0 Å². The molecule has 0 unspecified atom stereocenters. The van der Waals surface area contributed by atoms with Gasteiger partial charge < -0.3 is 15.4 Å². The number of benzene rings is 1. The van der Waals surface area contributed by atoms with Crippen LogP contribution < -0.4 is 10.9 Å². The van der Waals surface area contributed by atoms with Crippen LogP contribution >= 0.6 is 0 Å². The number of hydrogen-bond donors (Lipinski definition) is 3. The maximum Gasteiger partial charge on any atom is 0.336 e. The first-order valence-electron chi connectivity index (χ1n) is 6.23. The summed E-state index contributed by atoms with van der Waals surface area (Å²) in [6, 6.07) is 7.31. The van der Waals surface area contributed by atoms with Crippen LogP contribution in [0.5, 0.6) is 0 Å². The van der Waals surface area contributed by atoms with Crippen molar-refractivity contribution in [2.75, 3.05) is 5.32 Å². The number of carbonyl (C=O) groups is 2. The topological polar surface area (TPSA) is 99.3 Å². The standard InChI is InChI=1S/C15H14N2O4/c1-8-6-10(7-11(9(8)2)15(20)21)16-14(19)12-4-3-5-13(18)17-12/h3-7H,1-2H3,(H,16,19)(H,17,18)(H,20,21). The van der Waals surface area contributed by atoms with Crippen molar-refractivity contribution >= 4 is 17.6 Å². The van der Waals surface area contributed by atoms with Crippen molar-refractivity contribution in [3.05, 3.63) is 63.1 Å². The molecule has 2 aromatic rings. The van der Waals surface area contributed by atoms with Crippen molar-refractivity contribution in [1.82, 2.24) is 4.98 Å². The molecule has 0 bridgehead atoms.